The fourth-order valence-electron chi connectivity index (χ4n) is 3.15. The van der Waals surface area contributed by atoms with Crippen LogP contribution in [0, 0.1) is 6.07 Å². The Bertz CT molecular complexity index is 1370. The van der Waals surface area contributed by atoms with E-state index in [1.54, 1.807) is 6.20 Å². The summed E-state index contributed by atoms with van der Waals surface area (Å²) >= 11 is 7.05. The van der Waals surface area contributed by atoms with Gasteiger partial charge in [0.1, 0.15) is 5.03 Å². The number of hydrogen-bond donors (Lipinski definition) is 0. The average Bonchev–Trinajstić information content (AvgIpc) is 2.85. The SMILES string of the molecule is [Pt+2].[S-]c1ccccc1-c1[c-]c(-c2cccc(Sc3ccccn3)n2)nc(-c2ccccc2)n1. The zero-order valence-electron chi connectivity index (χ0n) is 17.2. The Morgan fingerprint density at radius 3 is 2.18 bits per heavy atom. The van der Waals surface area contributed by atoms with Crippen LogP contribution in [0.2, 0.25) is 0 Å². The second-order valence-electron chi connectivity index (χ2n) is 6.86. The van der Waals surface area contributed by atoms with Crippen molar-refractivity contribution in [1.82, 2.24) is 19.9 Å². The standard InChI is InChI=1S/C26H17N4S2.Pt/c31-23-13-5-4-11-19(23)21-17-22(30-26(29-21)18-9-2-1-3-10-18)20-12-8-15-25(28-20)32-24-14-6-7-16-27-24;/h1-16,31H;/q-1;+2/p-1. The molecule has 0 aliphatic carbocycles. The fourth-order valence-corrected chi connectivity index (χ4v) is 4.16. The van der Waals surface area contributed by atoms with Gasteiger partial charge in [0, 0.05) is 11.8 Å². The summed E-state index contributed by atoms with van der Waals surface area (Å²) in [5, 5.41) is 1.72. The molecule has 0 unspecified atom stereocenters. The minimum Gasteiger partial charge on any atom is -0.792 e. The molecular weight excluding hydrogens is 628 g/mol. The van der Waals surface area contributed by atoms with Gasteiger partial charge in [-0.3, -0.25) is 9.97 Å². The first-order chi connectivity index (χ1) is 15.8. The van der Waals surface area contributed by atoms with Gasteiger partial charge in [0.2, 0.25) is 0 Å². The second-order valence-corrected chi connectivity index (χ2v) is 8.34. The number of hydrogen-bond acceptors (Lipinski definition) is 6. The molecule has 162 valence electrons. The Labute approximate surface area is 216 Å². The Kier molecular flexibility index (Phi) is 7.61. The summed E-state index contributed by atoms with van der Waals surface area (Å²) < 4.78 is 0. The summed E-state index contributed by atoms with van der Waals surface area (Å²) in [6.45, 7) is 0. The first-order valence-corrected chi connectivity index (χ1v) is 11.2. The number of aromatic nitrogens is 4. The third kappa shape index (κ3) is 5.53. The molecule has 0 saturated carbocycles. The molecule has 5 rings (SSSR count). The molecule has 0 fully saturated rings. The van der Waals surface area contributed by atoms with Crippen LogP contribution in [-0.4, -0.2) is 19.9 Å². The largest absolute Gasteiger partial charge is 2.00 e. The molecule has 0 aliphatic heterocycles. The maximum absolute atomic E-state index is 5.54. The third-order valence-electron chi connectivity index (χ3n) is 4.66. The van der Waals surface area contributed by atoms with Crippen LogP contribution in [0.3, 0.4) is 0 Å². The average molecular weight is 644 g/mol. The maximum Gasteiger partial charge on any atom is 2.00 e. The van der Waals surface area contributed by atoms with Gasteiger partial charge in [-0.1, -0.05) is 78.5 Å². The smallest absolute Gasteiger partial charge is 0.792 e. The van der Waals surface area contributed by atoms with Crippen LogP contribution in [-0.2, 0) is 33.7 Å². The van der Waals surface area contributed by atoms with Crippen molar-refractivity contribution < 1.29 is 21.1 Å². The Morgan fingerprint density at radius 2 is 1.39 bits per heavy atom. The van der Waals surface area contributed by atoms with Gasteiger partial charge in [0.25, 0.3) is 0 Å². The number of benzene rings is 2. The molecule has 0 saturated heterocycles. The first-order valence-electron chi connectivity index (χ1n) is 9.96. The van der Waals surface area contributed by atoms with Gasteiger partial charge >= 0.3 is 21.1 Å². The minimum atomic E-state index is 0. The number of pyridine rings is 2. The van der Waals surface area contributed by atoms with Crippen molar-refractivity contribution in [2.45, 2.75) is 14.9 Å². The number of rotatable bonds is 5. The van der Waals surface area contributed by atoms with Crippen molar-refractivity contribution in [3.63, 3.8) is 0 Å². The normalized spacial score (nSPS) is 10.4. The maximum atomic E-state index is 5.54. The second kappa shape index (κ2) is 10.8. The van der Waals surface area contributed by atoms with Crippen LogP contribution in [0.15, 0.2) is 112 Å². The molecule has 3 aromatic heterocycles. The molecule has 0 aliphatic rings. The molecule has 0 radical (unpaired) electrons. The molecule has 0 spiro atoms. The molecule has 4 nitrogen and oxygen atoms in total. The van der Waals surface area contributed by atoms with E-state index in [0.29, 0.717) is 22.9 Å². The Morgan fingerprint density at radius 1 is 0.667 bits per heavy atom. The minimum absolute atomic E-state index is 0. The fraction of sp³-hybridized carbons (Fsp3) is 0. The summed E-state index contributed by atoms with van der Waals surface area (Å²) in [7, 11) is 0. The van der Waals surface area contributed by atoms with E-state index in [2.05, 4.69) is 11.1 Å². The topological polar surface area (TPSA) is 51.6 Å². The molecular formula is C26H16N4PtS2. The molecule has 5 aromatic rings. The molecule has 7 heteroatoms. The third-order valence-corrected chi connectivity index (χ3v) is 5.90. The van der Waals surface area contributed by atoms with E-state index >= 15 is 0 Å². The van der Waals surface area contributed by atoms with Gasteiger partial charge in [-0.05, 0) is 35.3 Å². The summed E-state index contributed by atoms with van der Waals surface area (Å²) in [5.74, 6) is 0.609. The summed E-state index contributed by atoms with van der Waals surface area (Å²) in [4.78, 5) is 19.5. The van der Waals surface area contributed by atoms with Crippen molar-refractivity contribution in [1.29, 1.82) is 0 Å². The van der Waals surface area contributed by atoms with Crippen molar-refractivity contribution in [2.24, 2.45) is 0 Å². The summed E-state index contributed by atoms with van der Waals surface area (Å²) in [5.41, 5.74) is 3.76. The zero-order chi connectivity index (χ0) is 21.8. The summed E-state index contributed by atoms with van der Waals surface area (Å²) in [6, 6.07) is 32.6. The van der Waals surface area contributed by atoms with E-state index < -0.39 is 0 Å². The van der Waals surface area contributed by atoms with Crippen molar-refractivity contribution in [3.05, 3.63) is 103 Å². The molecule has 33 heavy (non-hydrogen) atoms. The molecule has 3 heterocycles. The molecule has 0 amide bonds. The van der Waals surface area contributed by atoms with Crippen molar-refractivity contribution in [2.75, 3.05) is 0 Å². The van der Waals surface area contributed by atoms with E-state index in [0.717, 1.165) is 26.1 Å². The predicted octanol–water partition coefficient (Wildman–Crippen LogP) is 6.12. The van der Waals surface area contributed by atoms with Crippen LogP contribution in [0.25, 0.3) is 34.0 Å². The summed E-state index contributed by atoms with van der Waals surface area (Å²) in [6.07, 6.45) is 1.77. The zero-order valence-corrected chi connectivity index (χ0v) is 21.1. The van der Waals surface area contributed by atoms with Gasteiger partial charge in [0.05, 0.1) is 5.03 Å². The van der Waals surface area contributed by atoms with Crippen LogP contribution in [0.5, 0.6) is 0 Å². The molecule has 0 atom stereocenters. The van der Waals surface area contributed by atoms with Crippen LogP contribution in [0.1, 0.15) is 0 Å². The van der Waals surface area contributed by atoms with E-state index in [9.17, 15) is 0 Å². The van der Waals surface area contributed by atoms with Gasteiger partial charge in [-0.25, -0.2) is 9.88 Å². The van der Waals surface area contributed by atoms with E-state index in [-0.39, 0.29) is 21.1 Å². The number of nitrogens with zero attached hydrogens (tertiary/aromatic N) is 4. The van der Waals surface area contributed by atoms with E-state index in [1.807, 2.05) is 91.0 Å². The van der Waals surface area contributed by atoms with Crippen LogP contribution in [0.4, 0.5) is 0 Å². The quantitative estimate of drug-likeness (QED) is 0.170. The molecule has 0 N–H and O–H groups in total. The van der Waals surface area contributed by atoms with Crippen LogP contribution < -0.4 is 0 Å². The van der Waals surface area contributed by atoms with E-state index in [4.69, 9.17) is 27.6 Å². The van der Waals surface area contributed by atoms with Gasteiger partial charge in [-0.15, -0.1) is 17.7 Å². The predicted molar refractivity (Wildman–Crippen MR) is 129 cm³/mol. The first kappa shape index (κ1) is 23.2. The van der Waals surface area contributed by atoms with Crippen molar-refractivity contribution in [3.8, 4) is 34.0 Å². The van der Waals surface area contributed by atoms with E-state index in [1.165, 1.54) is 11.8 Å². The monoisotopic (exact) mass is 643 g/mol. The Balaban J connectivity index is 0.00000259. The molecule has 2 aromatic carbocycles. The van der Waals surface area contributed by atoms with Crippen LogP contribution >= 0.6 is 11.8 Å². The molecule has 0 bridgehead atoms. The van der Waals surface area contributed by atoms with Crippen molar-refractivity contribution >= 4 is 24.4 Å². The Hall–Kier alpha value is -2.92. The van der Waals surface area contributed by atoms with Gasteiger partial charge in [-0.2, -0.15) is 0 Å². The van der Waals surface area contributed by atoms with Gasteiger partial charge in [0.15, 0.2) is 5.82 Å². The van der Waals surface area contributed by atoms with Gasteiger partial charge < -0.3 is 17.6 Å².